The number of pyridine rings is 1. The summed E-state index contributed by atoms with van der Waals surface area (Å²) in [5, 5.41) is 9.53. The molecule has 2 aromatic heterocycles. The van der Waals surface area contributed by atoms with Crippen molar-refractivity contribution < 1.29 is 9.18 Å². The molecule has 1 amide bonds. The molecule has 0 bridgehead atoms. The Labute approximate surface area is 156 Å². The van der Waals surface area contributed by atoms with Crippen LogP contribution in [0.1, 0.15) is 21.5 Å². The molecule has 0 radical (unpaired) electrons. The molecular weight excluding hydrogens is 343 g/mol. The number of carbonyl (C=O) groups excluding carboxylic acids is 1. The van der Waals surface area contributed by atoms with Gasteiger partial charge in [0.05, 0.1) is 11.1 Å². The van der Waals surface area contributed by atoms with Gasteiger partial charge < -0.3 is 9.30 Å². The number of amides is 1. The predicted molar refractivity (Wildman–Crippen MR) is 99.7 cm³/mol. The molecule has 0 spiro atoms. The van der Waals surface area contributed by atoms with Gasteiger partial charge in [-0.2, -0.15) is 5.26 Å². The molecule has 0 unspecified atom stereocenters. The Morgan fingerprint density at radius 2 is 1.81 bits per heavy atom. The number of nitrogens with zero attached hydrogens (tertiary/aromatic N) is 4. The van der Waals surface area contributed by atoms with Crippen LogP contribution >= 0.6 is 0 Å². The van der Waals surface area contributed by atoms with Crippen molar-refractivity contribution in [1.82, 2.24) is 14.2 Å². The fraction of sp³-hybridized carbons (Fsp3) is 0.238. The zero-order valence-corrected chi connectivity index (χ0v) is 14.8. The highest BCUT2D eigenvalue weighted by molar-refractivity contribution is 5.94. The molecule has 136 valence electrons. The van der Waals surface area contributed by atoms with Crippen molar-refractivity contribution in [2.45, 2.75) is 6.54 Å². The molecule has 0 atom stereocenters. The van der Waals surface area contributed by atoms with Crippen LogP contribution in [0, 0.1) is 17.1 Å². The minimum absolute atomic E-state index is 0.0676. The number of aromatic nitrogens is 1. The van der Waals surface area contributed by atoms with E-state index in [0.29, 0.717) is 30.8 Å². The molecule has 0 saturated carbocycles. The van der Waals surface area contributed by atoms with Crippen molar-refractivity contribution in [3.63, 3.8) is 0 Å². The summed E-state index contributed by atoms with van der Waals surface area (Å²) in [4.78, 5) is 16.6. The quantitative estimate of drug-likeness (QED) is 0.720. The van der Waals surface area contributed by atoms with Crippen LogP contribution in [0.5, 0.6) is 0 Å². The maximum atomic E-state index is 13.0. The van der Waals surface area contributed by atoms with Gasteiger partial charge in [-0.1, -0.05) is 6.07 Å². The largest absolute Gasteiger partial charge is 0.336 e. The molecule has 6 heteroatoms. The van der Waals surface area contributed by atoms with Crippen LogP contribution in [0.15, 0.2) is 54.9 Å². The first-order valence-electron chi connectivity index (χ1n) is 8.91. The van der Waals surface area contributed by atoms with E-state index in [0.717, 1.165) is 24.2 Å². The summed E-state index contributed by atoms with van der Waals surface area (Å²) in [5.41, 5.74) is 3.14. The van der Waals surface area contributed by atoms with E-state index in [1.807, 2.05) is 35.0 Å². The van der Waals surface area contributed by atoms with E-state index in [-0.39, 0.29) is 11.7 Å². The zero-order valence-electron chi connectivity index (χ0n) is 14.8. The monoisotopic (exact) mass is 362 g/mol. The molecule has 3 aromatic rings. The fourth-order valence-electron chi connectivity index (χ4n) is 3.55. The van der Waals surface area contributed by atoms with Crippen molar-refractivity contribution in [3.8, 4) is 6.07 Å². The molecule has 1 fully saturated rings. The summed E-state index contributed by atoms with van der Waals surface area (Å²) in [5.74, 6) is -0.411. The second-order valence-corrected chi connectivity index (χ2v) is 6.71. The maximum absolute atomic E-state index is 13.0. The van der Waals surface area contributed by atoms with E-state index in [9.17, 15) is 14.4 Å². The van der Waals surface area contributed by atoms with Gasteiger partial charge in [0.1, 0.15) is 11.9 Å². The van der Waals surface area contributed by atoms with Crippen LogP contribution in [0.3, 0.4) is 0 Å². The third-order valence-electron chi connectivity index (χ3n) is 5.02. The SMILES string of the molecule is N#Cc1c(CN2CCN(C(=O)c3ccc(F)cc3)CC2)cn2ccccc12. The molecular formula is C21H19FN4O. The predicted octanol–water partition coefficient (Wildman–Crippen LogP) is 2.91. The van der Waals surface area contributed by atoms with Gasteiger partial charge in [0, 0.05) is 56.2 Å². The van der Waals surface area contributed by atoms with Gasteiger partial charge in [0.25, 0.3) is 5.91 Å². The lowest BCUT2D eigenvalue weighted by atomic mass is 10.1. The average molecular weight is 362 g/mol. The van der Waals surface area contributed by atoms with Gasteiger partial charge in [0.15, 0.2) is 0 Å². The number of halogens is 1. The Kier molecular flexibility index (Phi) is 4.61. The van der Waals surface area contributed by atoms with Gasteiger partial charge in [0.2, 0.25) is 0 Å². The number of rotatable bonds is 3. The minimum Gasteiger partial charge on any atom is -0.336 e. The summed E-state index contributed by atoms with van der Waals surface area (Å²) in [6, 6.07) is 13.8. The number of piperazine rings is 1. The topological polar surface area (TPSA) is 51.8 Å². The molecule has 0 N–H and O–H groups in total. The summed E-state index contributed by atoms with van der Waals surface area (Å²) < 4.78 is 15.0. The number of nitriles is 1. The highest BCUT2D eigenvalue weighted by Gasteiger charge is 2.23. The number of fused-ring (bicyclic) bond motifs is 1. The standard InChI is InChI=1S/C21H19FN4O/c22-18-6-4-16(5-7-18)21(27)25-11-9-24(10-12-25)14-17-15-26-8-2-1-3-20(26)19(17)13-23/h1-8,15H,9-12,14H2. The molecule has 1 aliphatic rings. The lowest BCUT2D eigenvalue weighted by Gasteiger charge is -2.34. The lowest BCUT2D eigenvalue weighted by molar-refractivity contribution is 0.0628. The Hall–Kier alpha value is -3.17. The normalized spacial score (nSPS) is 15.0. The number of benzene rings is 1. The Morgan fingerprint density at radius 1 is 1.07 bits per heavy atom. The van der Waals surface area contributed by atoms with Gasteiger partial charge in [-0.15, -0.1) is 0 Å². The van der Waals surface area contributed by atoms with Crippen LogP contribution in [0.2, 0.25) is 0 Å². The first-order chi connectivity index (χ1) is 13.2. The molecule has 1 aromatic carbocycles. The second-order valence-electron chi connectivity index (χ2n) is 6.71. The highest BCUT2D eigenvalue weighted by Crippen LogP contribution is 2.20. The van der Waals surface area contributed by atoms with Crippen molar-refractivity contribution >= 4 is 11.4 Å². The third-order valence-corrected chi connectivity index (χ3v) is 5.02. The van der Waals surface area contributed by atoms with Crippen LogP contribution in [-0.2, 0) is 6.54 Å². The first kappa shape index (κ1) is 17.3. The van der Waals surface area contributed by atoms with Crippen molar-refractivity contribution in [2.24, 2.45) is 0 Å². The summed E-state index contributed by atoms with van der Waals surface area (Å²) >= 11 is 0. The molecule has 0 aliphatic carbocycles. The van der Waals surface area contributed by atoms with Gasteiger partial charge >= 0.3 is 0 Å². The van der Waals surface area contributed by atoms with Crippen LogP contribution in [0.4, 0.5) is 4.39 Å². The Morgan fingerprint density at radius 3 is 2.52 bits per heavy atom. The number of carbonyl (C=O) groups is 1. The zero-order chi connectivity index (χ0) is 18.8. The average Bonchev–Trinajstić information content (AvgIpc) is 3.05. The third kappa shape index (κ3) is 3.42. The maximum Gasteiger partial charge on any atom is 0.253 e. The van der Waals surface area contributed by atoms with E-state index in [1.165, 1.54) is 24.3 Å². The summed E-state index contributed by atoms with van der Waals surface area (Å²) in [6.45, 7) is 3.40. The molecule has 1 aliphatic heterocycles. The minimum atomic E-state index is -0.343. The molecule has 5 nitrogen and oxygen atoms in total. The van der Waals surface area contributed by atoms with Crippen LogP contribution in [0.25, 0.3) is 5.52 Å². The van der Waals surface area contributed by atoms with E-state index >= 15 is 0 Å². The van der Waals surface area contributed by atoms with Crippen molar-refractivity contribution in [3.05, 3.63) is 77.4 Å². The Balaban J connectivity index is 1.42. The summed E-state index contributed by atoms with van der Waals surface area (Å²) in [7, 11) is 0. The van der Waals surface area contributed by atoms with E-state index in [2.05, 4.69) is 11.0 Å². The van der Waals surface area contributed by atoms with E-state index in [4.69, 9.17) is 0 Å². The van der Waals surface area contributed by atoms with Gasteiger partial charge in [-0.05, 0) is 36.4 Å². The van der Waals surface area contributed by atoms with Gasteiger partial charge in [-0.3, -0.25) is 9.69 Å². The molecule has 27 heavy (non-hydrogen) atoms. The molecule has 3 heterocycles. The first-order valence-corrected chi connectivity index (χ1v) is 8.91. The second kappa shape index (κ2) is 7.22. The summed E-state index contributed by atoms with van der Waals surface area (Å²) in [6.07, 6.45) is 3.95. The van der Waals surface area contributed by atoms with Crippen LogP contribution < -0.4 is 0 Å². The molecule has 1 saturated heterocycles. The smallest absolute Gasteiger partial charge is 0.253 e. The highest BCUT2D eigenvalue weighted by atomic mass is 19.1. The number of hydrogen-bond acceptors (Lipinski definition) is 3. The van der Waals surface area contributed by atoms with E-state index in [1.54, 1.807) is 4.90 Å². The lowest BCUT2D eigenvalue weighted by Crippen LogP contribution is -2.48. The molecule has 4 rings (SSSR count). The van der Waals surface area contributed by atoms with Crippen molar-refractivity contribution in [1.29, 1.82) is 5.26 Å². The van der Waals surface area contributed by atoms with E-state index < -0.39 is 0 Å². The number of hydrogen-bond donors (Lipinski definition) is 0. The van der Waals surface area contributed by atoms with Crippen molar-refractivity contribution in [2.75, 3.05) is 26.2 Å². The fourth-order valence-corrected chi connectivity index (χ4v) is 3.55. The Bertz CT molecular complexity index is 1010. The van der Waals surface area contributed by atoms with Gasteiger partial charge in [-0.25, -0.2) is 4.39 Å². The van der Waals surface area contributed by atoms with Crippen LogP contribution in [-0.4, -0.2) is 46.3 Å².